The van der Waals surface area contributed by atoms with Crippen molar-refractivity contribution in [2.24, 2.45) is 0 Å². The molecule has 3 rings (SSSR count). The van der Waals surface area contributed by atoms with Crippen molar-refractivity contribution in [2.45, 2.75) is 50.2 Å². The van der Waals surface area contributed by atoms with E-state index in [0.29, 0.717) is 19.4 Å². The number of hydrogen-bond donors (Lipinski definition) is 1. The van der Waals surface area contributed by atoms with Crippen molar-refractivity contribution in [2.75, 3.05) is 6.61 Å². The topological polar surface area (TPSA) is 55.8 Å². The Morgan fingerprint density at radius 1 is 1.38 bits per heavy atom. The highest BCUT2D eigenvalue weighted by atomic mass is 19.1. The third kappa shape index (κ3) is 2.88. The summed E-state index contributed by atoms with van der Waals surface area (Å²) in [5, 5.41) is 9.15. The van der Waals surface area contributed by atoms with E-state index in [2.05, 4.69) is 0 Å². The Balaban J connectivity index is 1.79. The van der Waals surface area contributed by atoms with Crippen molar-refractivity contribution in [3.63, 3.8) is 0 Å². The highest BCUT2D eigenvalue weighted by Gasteiger charge is 2.41. The van der Waals surface area contributed by atoms with Gasteiger partial charge in [0, 0.05) is 12.8 Å². The van der Waals surface area contributed by atoms with Crippen molar-refractivity contribution >= 4 is 5.97 Å². The van der Waals surface area contributed by atoms with Crippen LogP contribution in [0.2, 0.25) is 0 Å². The van der Waals surface area contributed by atoms with Crippen LogP contribution < -0.4 is 4.74 Å². The molecule has 4 nitrogen and oxygen atoms in total. The Morgan fingerprint density at radius 2 is 2.14 bits per heavy atom. The van der Waals surface area contributed by atoms with Gasteiger partial charge in [-0.25, -0.2) is 9.18 Å². The molecule has 1 N–H and O–H groups in total. The molecule has 0 amide bonds. The van der Waals surface area contributed by atoms with E-state index in [1.54, 1.807) is 0 Å². The SMILES string of the molecule is O=C(O)c1cccc(F)c1OC1CCOC2(CCCC2)C1. The zero-order chi connectivity index (χ0) is 14.9. The number of halogens is 1. The first-order valence-electron chi connectivity index (χ1n) is 7.42. The minimum atomic E-state index is -1.17. The van der Waals surface area contributed by atoms with Crippen LogP contribution in [0, 0.1) is 5.82 Å². The molecule has 1 heterocycles. The summed E-state index contributed by atoms with van der Waals surface area (Å²) in [7, 11) is 0. The van der Waals surface area contributed by atoms with E-state index in [-0.39, 0.29) is 23.0 Å². The van der Waals surface area contributed by atoms with Gasteiger partial charge in [-0.2, -0.15) is 0 Å². The number of ether oxygens (including phenoxy) is 2. The minimum Gasteiger partial charge on any atom is -0.486 e. The van der Waals surface area contributed by atoms with Gasteiger partial charge < -0.3 is 14.6 Å². The molecule has 1 atom stereocenters. The Labute approximate surface area is 122 Å². The number of benzene rings is 1. The van der Waals surface area contributed by atoms with Gasteiger partial charge in [-0.1, -0.05) is 18.9 Å². The van der Waals surface area contributed by atoms with Crippen molar-refractivity contribution in [1.82, 2.24) is 0 Å². The molecule has 114 valence electrons. The summed E-state index contributed by atoms with van der Waals surface area (Å²) in [5.41, 5.74) is -0.264. The van der Waals surface area contributed by atoms with Crippen LogP contribution >= 0.6 is 0 Å². The summed E-state index contributed by atoms with van der Waals surface area (Å²) < 4.78 is 25.6. The molecule has 0 bridgehead atoms. The molecule has 1 aromatic carbocycles. The normalized spacial score (nSPS) is 24.1. The second-order valence-corrected chi connectivity index (χ2v) is 5.89. The van der Waals surface area contributed by atoms with Gasteiger partial charge in [-0.05, 0) is 25.0 Å². The van der Waals surface area contributed by atoms with Gasteiger partial charge in [0.05, 0.1) is 12.2 Å². The van der Waals surface area contributed by atoms with E-state index in [4.69, 9.17) is 14.6 Å². The third-order valence-electron chi connectivity index (χ3n) is 4.44. The molecule has 1 spiro atoms. The van der Waals surface area contributed by atoms with Crippen molar-refractivity contribution < 1.29 is 23.8 Å². The van der Waals surface area contributed by atoms with E-state index < -0.39 is 11.8 Å². The number of hydrogen-bond acceptors (Lipinski definition) is 3. The predicted molar refractivity (Wildman–Crippen MR) is 74.2 cm³/mol. The number of para-hydroxylation sites is 1. The number of aromatic carboxylic acids is 1. The van der Waals surface area contributed by atoms with Crippen molar-refractivity contribution in [1.29, 1.82) is 0 Å². The molecule has 1 saturated heterocycles. The lowest BCUT2D eigenvalue weighted by Gasteiger charge is -2.38. The maximum absolute atomic E-state index is 13.9. The Morgan fingerprint density at radius 3 is 2.86 bits per heavy atom. The zero-order valence-electron chi connectivity index (χ0n) is 11.8. The molecule has 0 radical (unpaired) electrons. The van der Waals surface area contributed by atoms with E-state index in [1.165, 1.54) is 18.2 Å². The monoisotopic (exact) mass is 294 g/mol. The number of rotatable bonds is 3. The molecule has 21 heavy (non-hydrogen) atoms. The largest absolute Gasteiger partial charge is 0.486 e. The van der Waals surface area contributed by atoms with Crippen molar-refractivity contribution in [3.8, 4) is 5.75 Å². The van der Waals surface area contributed by atoms with Gasteiger partial charge in [-0.15, -0.1) is 0 Å². The molecule has 0 aromatic heterocycles. The average Bonchev–Trinajstić information content (AvgIpc) is 2.89. The summed E-state index contributed by atoms with van der Waals surface area (Å²) in [6.45, 7) is 0.585. The molecule has 2 fully saturated rings. The molecule has 1 saturated carbocycles. The Kier molecular flexibility index (Phi) is 3.85. The Bertz CT molecular complexity index is 537. The second-order valence-electron chi connectivity index (χ2n) is 5.89. The smallest absolute Gasteiger partial charge is 0.339 e. The Hall–Kier alpha value is -1.62. The fourth-order valence-corrected chi connectivity index (χ4v) is 3.41. The van der Waals surface area contributed by atoms with Crippen LogP contribution in [-0.2, 0) is 4.74 Å². The third-order valence-corrected chi connectivity index (χ3v) is 4.44. The predicted octanol–water partition coefficient (Wildman–Crippen LogP) is 3.39. The van der Waals surface area contributed by atoms with Crippen LogP contribution in [-0.4, -0.2) is 29.4 Å². The van der Waals surface area contributed by atoms with Gasteiger partial charge in [-0.3, -0.25) is 0 Å². The fraction of sp³-hybridized carbons (Fsp3) is 0.562. The van der Waals surface area contributed by atoms with E-state index in [9.17, 15) is 9.18 Å². The highest BCUT2D eigenvalue weighted by molar-refractivity contribution is 5.90. The molecular formula is C16H19FO4. The average molecular weight is 294 g/mol. The summed E-state index contributed by atoms with van der Waals surface area (Å²) in [5.74, 6) is -1.95. The first kappa shape index (κ1) is 14.3. The van der Waals surface area contributed by atoms with E-state index in [1.807, 2.05) is 0 Å². The van der Waals surface area contributed by atoms with Crippen LogP contribution in [0.3, 0.4) is 0 Å². The van der Waals surface area contributed by atoms with Crippen LogP contribution in [0.1, 0.15) is 48.9 Å². The summed E-state index contributed by atoms with van der Waals surface area (Å²) in [6, 6.07) is 3.98. The first-order valence-corrected chi connectivity index (χ1v) is 7.42. The summed E-state index contributed by atoms with van der Waals surface area (Å²) in [6.07, 6.45) is 5.49. The number of carbonyl (C=O) groups is 1. The van der Waals surface area contributed by atoms with Crippen LogP contribution in [0.25, 0.3) is 0 Å². The van der Waals surface area contributed by atoms with Gasteiger partial charge in [0.25, 0.3) is 0 Å². The molecule has 1 aliphatic carbocycles. The first-order chi connectivity index (χ1) is 10.1. The molecule has 1 unspecified atom stereocenters. The van der Waals surface area contributed by atoms with Crippen molar-refractivity contribution in [3.05, 3.63) is 29.6 Å². The highest BCUT2D eigenvalue weighted by Crippen LogP contribution is 2.41. The number of carboxylic acid groups (broad SMARTS) is 1. The fourth-order valence-electron chi connectivity index (χ4n) is 3.41. The lowest BCUT2D eigenvalue weighted by atomic mass is 9.90. The minimum absolute atomic E-state index is 0.123. The quantitative estimate of drug-likeness (QED) is 0.928. The molecule has 1 aliphatic heterocycles. The summed E-state index contributed by atoms with van der Waals surface area (Å²) in [4.78, 5) is 11.2. The molecule has 1 aromatic rings. The van der Waals surface area contributed by atoms with Gasteiger partial charge in [0.15, 0.2) is 11.6 Å². The van der Waals surface area contributed by atoms with E-state index in [0.717, 1.165) is 25.7 Å². The lowest BCUT2D eigenvalue weighted by molar-refractivity contribution is -0.108. The maximum atomic E-state index is 13.9. The van der Waals surface area contributed by atoms with Gasteiger partial charge in [0.1, 0.15) is 11.7 Å². The lowest BCUT2D eigenvalue weighted by Crippen LogP contribution is -2.42. The molecule has 2 aliphatic rings. The van der Waals surface area contributed by atoms with Crippen LogP contribution in [0.4, 0.5) is 4.39 Å². The zero-order valence-corrected chi connectivity index (χ0v) is 11.8. The molecular weight excluding hydrogens is 275 g/mol. The standard InChI is InChI=1S/C16H19FO4/c17-13-5-3-4-12(15(18)19)14(13)21-11-6-9-20-16(10-11)7-1-2-8-16/h3-5,11H,1-2,6-10H2,(H,18,19). The van der Waals surface area contributed by atoms with Gasteiger partial charge >= 0.3 is 5.97 Å². The van der Waals surface area contributed by atoms with Gasteiger partial charge in [0.2, 0.25) is 0 Å². The maximum Gasteiger partial charge on any atom is 0.339 e. The van der Waals surface area contributed by atoms with Crippen LogP contribution in [0.15, 0.2) is 18.2 Å². The molecule has 5 heteroatoms. The summed E-state index contributed by atoms with van der Waals surface area (Å²) >= 11 is 0. The number of carboxylic acids is 1. The van der Waals surface area contributed by atoms with Crippen LogP contribution in [0.5, 0.6) is 5.75 Å². The second kappa shape index (κ2) is 5.64. The van der Waals surface area contributed by atoms with E-state index >= 15 is 0 Å².